The molecule has 0 bridgehead atoms. The Morgan fingerprint density at radius 3 is 3.11 bits per heavy atom. The summed E-state index contributed by atoms with van der Waals surface area (Å²) in [6.45, 7) is 4.60. The molecule has 1 aliphatic carbocycles. The quantitative estimate of drug-likeness (QED) is 0.704. The Bertz CT molecular complexity index is 1100. The molecule has 1 atom stereocenters. The smallest absolute Gasteiger partial charge is 0.265 e. The number of amides is 1. The van der Waals surface area contributed by atoms with E-state index < -0.39 is 5.91 Å². The highest BCUT2D eigenvalue weighted by atomic mass is 32.1. The molecule has 0 aromatic carbocycles. The van der Waals surface area contributed by atoms with E-state index in [0.717, 1.165) is 25.0 Å². The molecule has 148 valence electrons. The van der Waals surface area contributed by atoms with Crippen molar-refractivity contribution in [2.24, 2.45) is 5.92 Å². The van der Waals surface area contributed by atoms with Gasteiger partial charge in [0, 0.05) is 12.0 Å². The lowest BCUT2D eigenvalue weighted by Crippen LogP contribution is -2.24. The average molecular weight is 402 g/mol. The number of anilines is 1. The molecule has 3 aromatic rings. The highest BCUT2D eigenvalue weighted by molar-refractivity contribution is 7.15. The molecule has 4 rings (SSSR count). The van der Waals surface area contributed by atoms with Gasteiger partial charge in [-0.25, -0.2) is 9.97 Å². The first-order valence-electron chi connectivity index (χ1n) is 9.25. The SMILES string of the molecule is COCCn1cnc2oc(C)c(C(=O)Nc3nc4c(s3)CC(C)CC4)c2c1=O. The molecule has 3 aromatic heterocycles. The number of fused-ring (bicyclic) bond motifs is 2. The molecule has 0 radical (unpaired) electrons. The number of aromatic nitrogens is 3. The summed E-state index contributed by atoms with van der Waals surface area (Å²) in [5.41, 5.74) is 1.11. The third kappa shape index (κ3) is 3.35. The maximum absolute atomic E-state index is 13.0. The summed E-state index contributed by atoms with van der Waals surface area (Å²) >= 11 is 1.51. The van der Waals surface area contributed by atoms with Crippen molar-refractivity contribution in [3.05, 3.63) is 38.6 Å². The van der Waals surface area contributed by atoms with Crippen molar-refractivity contribution in [1.29, 1.82) is 0 Å². The minimum Gasteiger partial charge on any atom is -0.442 e. The fourth-order valence-corrected chi connectivity index (χ4v) is 4.68. The molecule has 0 saturated heterocycles. The van der Waals surface area contributed by atoms with Crippen molar-refractivity contribution in [2.45, 2.75) is 39.7 Å². The van der Waals surface area contributed by atoms with E-state index in [1.54, 1.807) is 14.0 Å². The zero-order valence-electron chi connectivity index (χ0n) is 16.1. The largest absolute Gasteiger partial charge is 0.442 e. The van der Waals surface area contributed by atoms with Crippen LogP contribution in [0.1, 0.15) is 40.0 Å². The van der Waals surface area contributed by atoms with Crippen LogP contribution in [0.5, 0.6) is 0 Å². The van der Waals surface area contributed by atoms with Gasteiger partial charge in [0.2, 0.25) is 5.71 Å². The number of rotatable bonds is 5. The van der Waals surface area contributed by atoms with Crippen LogP contribution in [0.2, 0.25) is 0 Å². The fraction of sp³-hybridized carbons (Fsp3) is 0.474. The average Bonchev–Trinajstić information content (AvgIpc) is 3.20. The minimum atomic E-state index is -0.404. The summed E-state index contributed by atoms with van der Waals surface area (Å²) < 4.78 is 12.0. The van der Waals surface area contributed by atoms with Gasteiger partial charge in [-0.3, -0.25) is 19.5 Å². The summed E-state index contributed by atoms with van der Waals surface area (Å²) in [5.74, 6) is 0.587. The first-order chi connectivity index (χ1) is 13.5. The Balaban J connectivity index is 1.67. The third-order valence-electron chi connectivity index (χ3n) is 5.02. The lowest BCUT2D eigenvalue weighted by molar-refractivity contribution is 0.102. The van der Waals surface area contributed by atoms with Crippen LogP contribution in [0.25, 0.3) is 11.1 Å². The summed E-state index contributed by atoms with van der Waals surface area (Å²) in [4.78, 5) is 35.8. The number of furan rings is 1. The highest BCUT2D eigenvalue weighted by Gasteiger charge is 2.25. The van der Waals surface area contributed by atoms with Gasteiger partial charge in [-0.05, 0) is 32.1 Å². The van der Waals surface area contributed by atoms with Gasteiger partial charge in [0.25, 0.3) is 11.5 Å². The van der Waals surface area contributed by atoms with Crippen molar-refractivity contribution in [3.8, 4) is 0 Å². The number of methoxy groups -OCH3 is 1. The van der Waals surface area contributed by atoms with E-state index in [4.69, 9.17) is 9.15 Å². The number of aryl methyl sites for hydroxylation is 2. The van der Waals surface area contributed by atoms with E-state index in [2.05, 4.69) is 22.2 Å². The van der Waals surface area contributed by atoms with Crippen LogP contribution in [-0.2, 0) is 24.1 Å². The molecule has 8 nitrogen and oxygen atoms in total. The molecule has 0 spiro atoms. The number of thiazole rings is 1. The zero-order chi connectivity index (χ0) is 19.8. The second-order valence-corrected chi connectivity index (χ2v) is 8.22. The van der Waals surface area contributed by atoms with Crippen molar-refractivity contribution >= 4 is 33.5 Å². The van der Waals surface area contributed by atoms with Gasteiger partial charge in [0.1, 0.15) is 17.5 Å². The monoisotopic (exact) mass is 402 g/mol. The molecule has 1 unspecified atom stereocenters. The van der Waals surface area contributed by atoms with Crippen LogP contribution >= 0.6 is 11.3 Å². The van der Waals surface area contributed by atoms with E-state index in [9.17, 15) is 9.59 Å². The summed E-state index contributed by atoms with van der Waals surface area (Å²) in [7, 11) is 1.56. The molecule has 1 aliphatic rings. The Kier molecular flexibility index (Phi) is 5.03. The second kappa shape index (κ2) is 7.48. The van der Waals surface area contributed by atoms with Gasteiger partial charge in [-0.1, -0.05) is 6.92 Å². The molecule has 0 aliphatic heterocycles. The minimum absolute atomic E-state index is 0.161. The molecule has 9 heteroatoms. The topological polar surface area (TPSA) is 99.2 Å². The van der Waals surface area contributed by atoms with E-state index in [1.165, 1.54) is 27.1 Å². The number of ether oxygens (including phenoxy) is 1. The Labute approximate surface area is 165 Å². The van der Waals surface area contributed by atoms with Crippen LogP contribution < -0.4 is 10.9 Å². The number of carbonyl (C=O) groups excluding carboxylic acids is 1. The van der Waals surface area contributed by atoms with Gasteiger partial charge in [-0.15, -0.1) is 11.3 Å². The van der Waals surface area contributed by atoms with E-state index >= 15 is 0 Å². The molecule has 3 heterocycles. The number of hydrogen-bond acceptors (Lipinski definition) is 7. The number of nitrogens with one attached hydrogen (secondary N) is 1. The second-order valence-electron chi connectivity index (χ2n) is 7.14. The maximum atomic E-state index is 13.0. The van der Waals surface area contributed by atoms with Crippen LogP contribution in [0.4, 0.5) is 5.13 Å². The molecule has 0 saturated carbocycles. The summed E-state index contributed by atoms with van der Waals surface area (Å²) in [5, 5.41) is 3.59. The predicted molar refractivity (Wildman–Crippen MR) is 106 cm³/mol. The fourth-order valence-electron chi connectivity index (χ4n) is 3.51. The molecular weight excluding hydrogens is 380 g/mol. The van der Waals surface area contributed by atoms with Gasteiger partial charge in [-0.2, -0.15) is 0 Å². The molecule has 0 fully saturated rings. The Morgan fingerprint density at radius 2 is 2.32 bits per heavy atom. The lowest BCUT2D eigenvalue weighted by atomic mass is 9.93. The van der Waals surface area contributed by atoms with Gasteiger partial charge in [0.15, 0.2) is 5.13 Å². The van der Waals surface area contributed by atoms with Crippen LogP contribution in [0.3, 0.4) is 0 Å². The third-order valence-corrected chi connectivity index (χ3v) is 6.06. The van der Waals surface area contributed by atoms with Crippen LogP contribution in [0, 0.1) is 12.8 Å². The van der Waals surface area contributed by atoms with E-state index in [-0.39, 0.29) is 22.2 Å². The zero-order valence-corrected chi connectivity index (χ0v) is 16.9. The van der Waals surface area contributed by atoms with Gasteiger partial charge < -0.3 is 9.15 Å². The van der Waals surface area contributed by atoms with Gasteiger partial charge >= 0.3 is 0 Å². The van der Waals surface area contributed by atoms with Crippen LogP contribution in [-0.4, -0.2) is 34.2 Å². The first kappa shape index (κ1) is 18.8. The lowest BCUT2D eigenvalue weighted by Gasteiger charge is -2.15. The first-order valence-corrected chi connectivity index (χ1v) is 10.1. The molecule has 1 N–H and O–H groups in total. The van der Waals surface area contributed by atoms with E-state index in [1.807, 2.05) is 0 Å². The summed E-state index contributed by atoms with van der Waals surface area (Å²) in [6.07, 6.45) is 4.45. The predicted octanol–water partition coefficient (Wildman–Crippen LogP) is 2.78. The maximum Gasteiger partial charge on any atom is 0.265 e. The molecule has 28 heavy (non-hydrogen) atoms. The normalized spacial score (nSPS) is 16.3. The highest BCUT2D eigenvalue weighted by Crippen LogP contribution is 2.32. The number of carbonyl (C=O) groups is 1. The standard InChI is InChI=1S/C19H22N4O4S/c1-10-4-5-12-13(8-10)28-19(21-12)22-16(24)14-11(2)27-17-15(14)18(25)23(9-20-17)6-7-26-3/h9-10H,4-8H2,1-3H3,(H,21,22,24). The van der Waals surface area contributed by atoms with Crippen molar-refractivity contribution in [2.75, 3.05) is 19.0 Å². The van der Waals surface area contributed by atoms with Crippen molar-refractivity contribution in [3.63, 3.8) is 0 Å². The van der Waals surface area contributed by atoms with Gasteiger partial charge in [0.05, 0.1) is 24.4 Å². The summed E-state index contributed by atoms with van der Waals surface area (Å²) in [6, 6.07) is 0. The Morgan fingerprint density at radius 1 is 1.50 bits per heavy atom. The molecular formula is C19H22N4O4S. The van der Waals surface area contributed by atoms with Crippen molar-refractivity contribution in [1.82, 2.24) is 14.5 Å². The van der Waals surface area contributed by atoms with E-state index in [0.29, 0.717) is 30.0 Å². The number of nitrogens with zero attached hydrogens (tertiary/aromatic N) is 3. The molecule has 1 amide bonds. The van der Waals surface area contributed by atoms with Crippen LogP contribution in [0.15, 0.2) is 15.5 Å². The van der Waals surface area contributed by atoms with Crippen molar-refractivity contribution < 1.29 is 13.9 Å². The Hall–Kier alpha value is -2.52. The number of hydrogen-bond donors (Lipinski definition) is 1.